The predicted molar refractivity (Wildman–Crippen MR) is 111 cm³/mol. The number of anilines is 2. The van der Waals surface area contributed by atoms with Crippen molar-refractivity contribution in [2.45, 2.75) is 19.8 Å². The molecular weight excluding hydrogens is 368 g/mol. The first-order chi connectivity index (χ1) is 12.1. The molecule has 1 aliphatic rings. The highest BCUT2D eigenvalue weighted by atomic mass is 35.5. The Hall–Kier alpha value is -2.24. The number of carbonyl (C=O) groups is 1. The van der Waals surface area contributed by atoms with Crippen molar-refractivity contribution in [2.75, 3.05) is 24.3 Å². The van der Waals surface area contributed by atoms with Crippen LogP contribution in [0.15, 0.2) is 36.4 Å². The molecular formula is C20H21ClN2O2S. The van der Waals surface area contributed by atoms with Crippen LogP contribution in [0.2, 0.25) is 0 Å². The topological polar surface area (TPSA) is 55.6 Å². The Bertz CT molecular complexity index is 983. The van der Waals surface area contributed by atoms with Crippen LogP contribution in [0.4, 0.5) is 11.4 Å². The molecule has 0 aliphatic carbocycles. The van der Waals surface area contributed by atoms with Gasteiger partial charge >= 0.3 is 0 Å². The first kappa shape index (κ1) is 18.5. The van der Waals surface area contributed by atoms with Crippen molar-refractivity contribution < 1.29 is 9.53 Å². The summed E-state index contributed by atoms with van der Waals surface area (Å²) in [5, 5.41) is 1.08. The summed E-state index contributed by atoms with van der Waals surface area (Å²) >= 11 is 1.55. The number of hydrogen-bond acceptors (Lipinski definition) is 4. The van der Waals surface area contributed by atoms with Gasteiger partial charge in [0.05, 0.1) is 12.0 Å². The maximum Gasteiger partial charge on any atom is 0.268 e. The van der Waals surface area contributed by atoms with E-state index < -0.39 is 0 Å². The van der Waals surface area contributed by atoms with Gasteiger partial charge in [0, 0.05) is 22.6 Å². The molecule has 3 aromatic rings. The second-order valence-corrected chi connectivity index (χ2v) is 7.38. The number of nitrogen functional groups attached to an aromatic ring is 1. The zero-order valence-electron chi connectivity index (χ0n) is 14.7. The van der Waals surface area contributed by atoms with E-state index in [2.05, 4.69) is 0 Å². The number of ether oxygens (including phenoxy) is 1. The molecule has 0 atom stereocenters. The maximum atomic E-state index is 13.3. The van der Waals surface area contributed by atoms with E-state index in [1.165, 1.54) is 0 Å². The van der Waals surface area contributed by atoms with E-state index in [-0.39, 0.29) is 18.3 Å². The maximum absolute atomic E-state index is 13.3. The van der Waals surface area contributed by atoms with Crippen LogP contribution in [-0.2, 0) is 6.42 Å². The Kier molecular flexibility index (Phi) is 5.12. The van der Waals surface area contributed by atoms with Crippen molar-refractivity contribution in [3.63, 3.8) is 0 Å². The lowest BCUT2D eigenvalue weighted by atomic mass is 9.99. The van der Waals surface area contributed by atoms with E-state index in [0.29, 0.717) is 0 Å². The molecule has 2 N–H and O–H groups in total. The van der Waals surface area contributed by atoms with Crippen LogP contribution in [0, 0.1) is 6.92 Å². The minimum Gasteiger partial charge on any atom is -0.497 e. The van der Waals surface area contributed by atoms with Gasteiger partial charge in [-0.1, -0.05) is 6.07 Å². The second-order valence-electron chi connectivity index (χ2n) is 6.32. The highest BCUT2D eigenvalue weighted by Crippen LogP contribution is 2.37. The van der Waals surface area contributed by atoms with Crippen molar-refractivity contribution in [3.8, 4) is 5.75 Å². The number of fused-ring (bicyclic) bond motifs is 2. The number of methoxy groups -OCH3 is 1. The smallest absolute Gasteiger partial charge is 0.268 e. The largest absolute Gasteiger partial charge is 0.497 e. The number of aryl methyl sites for hydroxylation is 1. The zero-order chi connectivity index (χ0) is 17.6. The summed E-state index contributed by atoms with van der Waals surface area (Å²) in [4.78, 5) is 16.0. The lowest BCUT2D eigenvalue weighted by Crippen LogP contribution is -2.35. The summed E-state index contributed by atoms with van der Waals surface area (Å²) in [6.45, 7) is 2.74. The quantitative estimate of drug-likeness (QED) is 0.640. The van der Waals surface area contributed by atoms with Crippen molar-refractivity contribution in [1.82, 2.24) is 0 Å². The molecule has 2 aromatic carbocycles. The number of carbonyl (C=O) groups excluding carboxylic acids is 1. The summed E-state index contributed by atoms with van der Waals surface area (Å²) in [7, 11) is 1.66. The van der Waals surface area contributed by atoms with Gasteiger partial charge in [-0.25, -0.2) is 0 Å². The number of amides is 1. The molecule has 26 heavy (non-hydrogen) atoms. The van der Waals surface area contributed by atoms with Crippen molar-refractivity contribution in [3.05, 3.63) is 52.4 Å². The van der Waals surface area contributed by atoms with Crippen molar-refractivity contribution in [1.29, 1.82) is 0 Å². The van der Waals surface area contributed by atoms with E-state index in [9.17, 15) is 4.79 Å². The molecule has 6 heteroatoms. The standard InChI is InChI=1S/C20H20N2O2S.ClH/c1-12-15-11-13(24-2)8-9-18(15)25-19(12)20(23)22-10-4-5-14-16(21)6-3-7-17(14)22;/h3,6-9,11H,4-5,10,21H2,1-2H3;1H. The van der Waals surface area contributed by atoms with E-state index >= 15 is 0 Å². The van der Waals surface area contributed by atoms with E-state index in [1.54, 1.807) is 18.4 Å². The van der Waals surface area contributed by atoms with Gasteiger partial charge in [-0.15, -0.1) is 23.7 Å². The first-order valence-electron chi connectivity index (χ1n) is 8.36. The fourth-order valence-corrected chi connectivity index (χ4v) is 4.65. The van der Waals surface area contributed by atoms with Gasteiger partial charge in [-0.05, 0) is 66.6 Å². The molecule has 4 nitrogen and oxygen atoms in total. The third kappa shape index (κ3) is 2.91. The lowest BCUT2D eigenvalue weighted by molar-refractivity contribution is 0.0988. The third-order valence-electron chi connectivity index (χ3n) is 4.87. The fraction of sp³-hybridized carbons (Fsp3) is 0.250. The van der Waals surface area contributed by atoms with Crippen LogP contribution in [0.3, 0.4) is 0 Å². The summed E-state index contributed by atoms with van der Waals surface area (Å²) < 4.78 is 6.42. The molecule has 0 saturated heterocycles. The number of hydrogen-bond donors (Lipinski definition) is 1. The first-order valence-corrected chi connectivity index (χ1v) is 9.18. The van der Waals surface area contributed by atoms with Crippen molar-refractivity contribution >= 4 is 51.1 Å². The third-order valence-corrected chi connectivity index (χ3v) is 6.13. The molecule has 0 unspecified atom stereocenters. The SMILES string of the molecule is COc1ccc2sc(C(=O)N3CCCc4c(N)cccc43)c(C)c2c1.Cl. The van der Waals surface area contributed by atoms with E-state index in [0.717, 1.165) is 62.6 Å². The molecule has 0 fully saturated rings. The fourth-order valence-electron chi connectivity index (χ4n) is 3.52. The second kappa shape index (κ2) is 7.17. The molecule has 0 bridgehead atoms. The van der Waals surface area contributed by atoms with Gasteiger partial charge in [0.1, 0.15) is 5.75 Å². The van der Waals surface area contributed by atoms with Crippen LogP contribution in [-0.4, -0.2) is 19.6 Å². The van der Waals surface area contributed by atoms with Gasteiger partial charge in [-0.3, -0.25) is 4.79 Å². The number of rotatable bonds is 2. The highest BCUT2D eigenvalue weighted by molar-refractivity contribution is 7.21. The van der Waals surface area contributed by atoms with Crippen LogP contribution in [0.1, 0.15) is 27.2 Å². The molecule has 1 amide bonds. The van der Waals surface area contributed by atoms with Gasteiger partial charge < -0.3 is 15.4 Å². The molecule has 1 aliphatic heterocycles. The average molecular weight is 389 g/mol. The molecule has 136 valence electrons. The van der Waals surface area contributed by atoms with Crippen LogP contribution in [0.25, 0.3) is 10.1 Å². The highest BCUT2D eigenvalue weighted by Gasteiger charge is 2.27. The minimum atomic E-state index is 0. The minimum absolute atomic E-state index is 0. The molecule has 1 aromatic heterocycles. The molecule has 0 saturated carbocycles. The van der Waals surface area contributed by atoms with Crippen LogP contribution in [0.5, 0.6) is 5.75 Å². The summed E-state index contributed by atoms with van der Waals surface area (Å²) in [6, 6.07) is 11.8. The Morgan fingerprint density at radius 2 is 2.08 bits per heavy atom. The van der Waals surface area contributed by atoms with Crippen LogP contribution < -0.4 is 15.4 Å². The summed E-state index contributed by atoms with van der Waals surface area (Å²) in [6.07, 6.45) is 1.86. The summed E-state index contributed by atoms with van der Waals surface area (Å²) in [5.41, 5.74) is 9.94. The molecule has 0 radical (unpaired) electrons. The Labute approximate surface area is 163 Å². The number of thiophene rings is 1. The van der Waals surface area contributed by atoms with Crippen molar-refractivity contribution in [2.24, 2.45) is 0 Å². The number of halogens is 1. The monoisotopic (exact) mass is 388 g/mol. The summed E-state index contributed by atoms with van der Waals surface area (Å²) in [5.74, 6) is 0.868. The Morgan fingerprint density at radius 3 is 2.85 bits per heavy atom. The van der Waals surface area contributed by atoms with Gasteiger partial charge in [0.25, 0.3) is 5.91 Å². The Balaban J connectivity index is 0.00000196. The number of benzene rings is 2. The van der Waals surface area contributed by atoms with Gasteiger partial charge in [0.2, 0.25) is 0 Å². The lowest BCUT2D eigenvalue weighted by Gasteiger charge is -2.30. The molecule has 2 heterocycles. The normalized spacial score (nSPS) is 13.2. The molecule has 0 spiro atoms. The van der Waals surface area contributed by atoms with E-state index in [1.807, 2.05) is 48.2 Å². The predicted octanol–water partition coefficient (Wildman–Crippen LogP) is 4.82. The average Bonchev–Trinajstić information content (AvgIpc) is 2.97. The number of nitrogens with two attached hydrogens (primary N) is 1. The zero-order valence-corrected chi connectivity index (χ0v) is 16.4. The van der Waals surface area contributed by atoms with Crippen LogP contribution >= 0.6 is 23.7 Å². The van der Waals surface area contributed by atoms with Gasteiger partial charge in [0.15, 0.2) is 0 Å². The Morgan fingerprint density at radius 1 is 1.27 bits per heavy atom. The molecule has 4 rings (SSSR count). The number of nitrogens with zero attached hydrogens (tertiary/aromatic N) is 1. The van der Waals surface area contributed by atoms with Gasteiger partial charge in [-0.2, -0.15) is 0 Å². The van der Waals surface area contributed by atoms with E-state index in [4.69, 9.17) is 10.5 Å².